The molecule has 1 aliphatic heterocycles. The third-order valence-electron chi connectivity index (χ3n) is 4.02. The fraction of sp³-hybridized carbons (Fsp3) is 0.100. The molecule has 0 unspecified atom stereocenters. The van der Waals surface area contributed by atoms with Crippen LogP contribution in [0.25, 0.3) is 0 Å². The molecule has 0 aliphatic carbocycles. The van der Waals surface area contributed by atoms with Crippen molar-refractivity contribution in [1.82, 2.24) is 0 Å². The number of hydrogen-bond donors (Lipinski definition) is 0. The zero-order chi connectivity index (χ0) is 14.8. The van der Waals surface area contributed by atoms with E-state index in [9.17, 15) is 0 Å². The summed E-state index contributed by atoms with van der Waals surface area (Å²) in [7, 11) is -0.529. The van der Waals surface area contributed by atoms with Crippen LogP contribution >= 0.6 is 7.92 Å². The van der Waals surface area contributed by atoms with Gasteiger partial charge >= 0.3 is 0 Å². The summed E-state index contributed by atoms with van der Waals surface area (Å²) < 4.78 is 5.69. The topological polar surface area (TPSA) is 9.23 Å². The highest BCUT2D eigenvalue weighted by Crippen LogP contribution is 2.36. The number of rotatable bonds is 3. The van der Waals surface area contributed by atoms with Crippen molar-refractivity contribution >= 4 is 23.8 Å². The first-order valence-electron chi connectivity index (χ1n) is 7.52. The zero-order valence-electron chi connectivity index (χ0n) is 12.3. The average molecular weight is 304 g/mol. The first kappa shape index (κ1) is 13.7. The number of fused-ring (bicyclic) bond motifs is 1. The molecule has 0 saturated heterocycles. The van der Waals surface area contributed by atoms with Crippen molar-refractivity contribution in [3.63, 3.8) is 0 Å². The number of hydrogen-bond acceptors (Lipinski definition) is 1. The molecule has 3 aromatic rings. The summed E-state index contributed by atoms with van der Waals surface area (Å²) in [4.78, 5) is 0. The maximum atomic E-state index is 5.69. The van der Waals surface area contributed by atoms with Crippen LogP contribution in [0, 0.1) is 0 Å². The largest absolute Gasteiger partial charge is 0.372 e. The van der Waals surface area contributed by atoms with Gasteiger partial charge in [-0.05, 0) is 35.0 Å². The second-order valence-electron chi connectivity index (χ2n) is 5.41. The lowest BCUT2D eigenvalue weighted by molar-refractivity contribution is 0.135. The molecule has 0 spiro atoms. The lowest BCUT2D eigenvalue weighted by atomic mass is 10.1. The fourth-order valence-electron chi connectivity index (χ4n) is 2.98. The van der Waals surface area contributed by atoms with E-state index in [2.05, 4.69) is 78.9 Å². The number of ether oxygens (including phenoxy) is 1. The Morgan fingerprint density at radius 1 is 0.636 bits per heavy atom. The maximum absolute atomic E-state index is 5.69. The van der Waals surface area contributed by atoms with Gasteiger partial charge in [-0.15, -0.1) is 0 Å². The van der Waals surface area contributed by atoms with Gasteiger partial charge in [-0.25, -0.2) is 0 Å². The summed E-state index contributed by atoms with van der Waals surface area (Å²) in [6.07, 6.45) is 0. The van der Waals surface area contributed by atoms with Crippen LogP contribution in [0.4, 0.5) is 0 Å². The average Bonchev–Trinajstić information content (AvgIpc) is 3.07. The molecular weight excluding hydrogens is 287 g/mol. The van der Waals surface area contributed by atoms with Crippen LogP contribution in [0.2, 0.25) is 0 Å². The van der Waals surface area contributed by atoms with Gasteiger partial charge in [-0.1, -0.05) is 78.9 Å². The molecule has 0 N–H and O–H groups in total. The Labute approximate surface area is 132 Å². The molecule has 0 amide bonds. The molecule has 4 rings (SSSR count). The van der Waals surface area contributed by atoms with Crippen molar-refractivity contribution in [3.05, 3.63) is 90.0 Å². The summed E-state index contributed by atoms with van der Waals surface area (Å²) >= 11 is 0. The van der Waals surface area contributed by atoms with Gasteiger partial charge in [0, 0.05) is 0 Å². The van der Waals surface area contributed by atoms with E-state index in [4.69, 9.17) is 4.74 Å². The van der Waals surface area contributed by atoms with E-state index in [0.29, 0.717) is 0 Å². The molecule has 2 heteroatoms. The lowest BCUT2D eigenvalue weighted by Crippen LogP contribution is -2.23. The van der Waals surface area contributed by atoms with Gasteiger partial charge in [-0.3, -0.25) is 0 Å². The predicted octanol–water partition coefficient (Wildman–Crippen LogP) is 3.48. The molecule has 0 aromatic heterocycles. The normalized spacial score (nSPS) is 13.3. The smallest absolute Gasteiger partial charge is 0.0731 e. The predicted molar refractivity (Wildman–Crippen MR) is 93.6 cm³/mol. The summed E-state index contributed by atoms with van der Waals surface area (Å²) in [6.45, 7) is 1.49. The summed E-state index contributed by atoms with van der Waals surface area (Å²) in [5.74, 6) is 0. The second-order valence-corrected chi connectivity index (χ2v) is 7.60. The highest BCUT2D eigenvalue weighted by Gasteiger charge is 2.23. The minimum absolute atomic E-state index is 0.529. The van der Waals surface area contributed by atoms with E-state index < -0.39 is 7.92 Å². The summed E-state index contributed by atoms with van der Waals surface area (Å²) in [6, 6.07) is 28.3. The third-order valence-corrected chi connectivity index (χ3v) is 6.55. The van der Waals surface area contributed by atoms with E-state index in [0.717, 1.165) is 13.2 Å². The van der Waals surface area contributed by atoms with Gasteiger partial charge in [0.25, 0.3) is 0 Å². The summed E-state index contributed by atoms with van der Waals surface area (Å²) in [5, 5.41) is 4.22. The molecule has 1 heterocycles. The fourth-order valence-corrected chi connectivity index (χ4v) is 5.49. The van der Waals surface area contributed by atoms with Gasteiger partial charge in [0.2, 0.25) is 0 Å². The highest BCUT2D eigenvalue weighted by atomic mass is 31.1. The standard InChI is InChI=1S/C20H17OP/c1-3-9-17(10-4-1)22(18-11-5-2-6-12-18)20-13-7-8-16-14-21-15-19(16)20/h1-13H,14-15H2. The van der Waals surface area contributed by atoms with Crippen LogP contribution in [-0.4, -0.2) is 0 Å². The monoisotopic (exact) mass is 304 g/mol. The molecule has 0 fully saturated rings. The Morgan fingerprint density at radius 2 is 1.27 bits per heavy atom. The maximum Gasteiger partial charge on any atom is 0.0731 e. The SMILES string of the molecule is c1ccc(P(c2ccccc2)c2cccc3c2COC3)cc1. The van der Waals surface area contributed by atoms with Crippen LogP contribution in [0.15, 0.2) is 78.9 Å². The van der Waals surface area contributed by atoms with Crippen molar-refractivity contribution in [1.29, 1.82) is 0 Å². The van der Waals surface area contributed by atoms with Crippen LogP contribution in [0.3, 0.4) is 0 Å². The summed E-state index contributed by atoms with van der Waals surface area (Å²) in [5.41, 5.74) is 2.73. The quantitative estimate of drug-likeness (QED) is 0.673. The third kappa shape index (κ3) is 2.47. The van der Waals surface area contributed by atoms with Crippen LogP contribution in [0.1, 0.15) is 11.1 Å². The van der Waals surface area contributed by atoms with Crippen LogP contribution in [0.5, 0.6) is 0 Å². The minimum atomic E-state index is -0.529. The van der Waals surface area contributed by atoms with E-state index >= 15 is 0 Å². The van der Waals surface area contributed by atoms with Crippen molar-refractivity contribution in [2.75, 3.05) is 0 Å². The second kappa shape index (κ2) is 6.04. The van der Waals surface area contributed by atoms with Crippen LogP contribution in [-0.2, 0) is 18.0 Å². The molecule has 0 saturated carbocycles. The Balaban J connectivity index is 1.91. The van der Waals surface area contributed by atoms with E-state index in [1.807, 2.05) is 0 Å². The Bertz CT molecular complexity index is 729. The van der Waals surface area contributed by atoms with Gasteiger partial charge < -0.3 is 4.74 Å². The molecule has 108 valence electrons. The van der Waals surface area contributed by atoms with Gasteiger partial charge in [0.05, 0.1) is 13.2 Å². The number of benzene rings is 3. The molecule has 0 radical (unpaired) electrons. The first-order chi connectivity index (χ1) is 10.9. The van der Waals surface area contributed by atoms with E-state index in [1.54, 1.807) is 0 Å². The van der Waals surface area contributed by atoms with E-state index in [-0.39, 0.29) is 0 Å². The molecule has 0 bridgehead atoms. The molecule has 0 atom stereocenters. The van der Waals surface area contributed by atoms with Crippen LogP contribution < -0.4 is 15.9 Å². The highest BCUT2D eigenvalue weighted by molar-refractivity contribution is 7.79. The molecule has 3 aromatic carbocycles. The van der Waals surface area contributed by atoms with E-state index in [1.165, 1.54) is 27.0 Å². The van der Waals surface area contributed by atoms with Crippen molar-refractivity contribution in [2.24, 2.45) is 0 Å². The Kier molecular flexibility index (Phi) is 3.76. The lowest BCUT2D eigenvalue weighted by Gasteiger charge is -2.21. The Morgan fingerprint density at radius 3 is 1.91 bits per heavy atom. The zero-order valence-corrected chi connectivity index (χ0v) is 13.2. The van der Waals surface area contributed by atoms with Crippen molar-refractivity contribution < 1.29 is 4.74 Å². The van der Waals surface area contributed by atoms with Crippen molar-refractivity contribution in [3.8, 4) is 0 Å². The molecule has 1 aliphatic rings. The minimum Gasteiger partial charge on any atom is -0.372 e. The van der Waals surface area contributed by atoms with Gasteiger partial charge in [0.15, 0.2) is 0 Å². The molecule has 22 heavy (non-hydrogen) atoms. The van der Waals surface area contributed by atoms with Crippen molar-refractivity contribution in [2.45, 2.75) is 13.2 Å². The molecular formula is C20H17OP. The van der Waals surface area contributed by atoms with Gasteiger partial charge in [-0.2, -0.15) is 0 Å². The van der Waals surface area contributed by atoms with Gasteiger partial charge in [0.1, 0.15) is 0 Å². The first-order valence-corrected chi connectivity index (χ1v) is 8.86. The Hall–Kier alpha value is -1.95. The molecule has 1 nitrogen and oxygen atoms in total.